The second-order valence-corrected chi connectivity index (χ2v) is 16.3. The number of phenols is 1. The molecule has 9 nitrogen and oxygen atoms in total. The number of nitrogens with zero attached hydrogens (tertiary/aromatic N) is 4. The Morgan fingerprint density at radius 3 is 2.23 bits per heavy atom. The Morgan fingerprint density at radius 2 is 1.50 bits per heavy atom. The minimum absolute atomic E-state index is 0.118. The van der Waals surface area contributed by atoms with Crippen LogP contribution in [0, 0.1) is 17.8 Å². The molecule has 5 aliphatic rings. The highest BCUT2D eigenvalue weighted by Gasteiger charge is 2.39. The maximum atomic E-state index is 13.1. The van der Waals surface area contributed by atoms with Crippen LogP contribution in [0.5, 0.6) is 5.75 Å². The molecule has 9 heteroatoms. The first-order chi connectivity index (χ1) is 25.2. The van der Waals surface area contributed by atoms with Crippen LogP contribution in [0.3, 0.4) is 0 Å². The number of piperazine rings is 1. The Hall–Kier alpha value is -4.37. The number of aryl methyl sites for hydroxylation is 1. The van der Waals surface area contributed by atoms with Crippen molar-refractivity contribution in [2.24, 2.45) is 17.8 Å². The van der Waals surface area contributed by atoms with Gasteiger partial charge in [-0.15, -0.1) is 0 Å². The van der Waals surface area contributed by atoms with Gasteiger partial charge in [0.25, 0.3) is 5.91 Å². The number of hydrogen-bond acceptors (Lipinski definition) is 7. The van der Waals surface area contributed by atoms with Gasteiger partial charge in [-0.25, -0.2) is 0 Å². The monoisotopic (exact) mass is 703 g/mol. The van der Waals surface area contributed by atoms with E-state index in [1.807, 2.05) is 24.3 Å². The minimum Gasteiger partial charge on any atom is -0.508 e. The largest absolute Gasteiger partial charge is 0.508 e. The predicted octanol–water partition coefficient (Wildman–Crippen LogP) is 5.93. The molecule has 0 saturated carbocycles. The van der Waals surface area contributed by atoms with Crippen LogP contribution in [-0.4, -0.2) is 84.5 Å². The van der Waals surface area contributed by atoms with Crippen LogP contribution in [0.4, 0.5) is 11.4 Å². The van der Waals surface area contributed by atoms with Crippen molar-refractivity contribution in [2.75, 3.05) is 55.6 Å². The third-order valence-corrected chi connectivity index (χ3v) is 12.5. The molecule has 3 saturated heterocycles. The van der Waals surface area contributed by atoms with Gasteiger partial charge in [-0.2, -0.15) is 0 Å². The minimum atomic E-state index is -0.581. The summed E-state index contributed by atoms with van der Waals surface area (Å²) >= 11 is 0. The third kappa shape index (κ3) is 7.04. The number of phenolic OH excluding ortho intramolecular Hbond substituents is 1. The van der Waals surface area contributed by atoms with Crippen molar-refractivity contribution in [3.05, 3.63) is 88.5 Å². The van der Waals surface area contributed by atoms with Crippen LogP contribution < -0.4 is 15.1 Å². The standard InChI is InChI=1S/C43H53N5O4/c1-28(2)23-32-4-3-31-25-36(49)10-12-37(31)41(32)30-5-7-34(8-6-30)46-17-15-29(16-18-46)26-45-19-21-47(22-20-45)35-9-11-38-33(24-35)27-48(43(38)52)39-13-14-40(50)44-42(39)51/h5-12,24-25,28-29,32,39,41,49H,3-4,13-23,26-27H2,1-2H3,(H,44,50,51)/t32-,39?,41?/m1/s1. The van der Waals surface area contributed by atoms with Crippen LogP contribution in [0.15, 0.2) is 60.7 Å². The summed E-state index contributed by atoms with van der Waals surface area (Å²) in [7, 11) is 0. The van der Waals surface area contributed by atoms with E-state index in [0.717, 1.165) is 63.5 Å². The number of fused-ring (bicyclic) bond motifs is 2. The molecule has 3 aromatic carbocycles. The molecule has 3 atom stereocenters. The number of aromatic hydroxyl groups is 1. The first kappa shape index (κ1) is 34.7. The van der Waals surface area contributed by atoms with Crippen molar-refractivity contribution in [3.63, 3.8) is 0 Å². The van der Waals surface area contributed by atoms with Gasteiger partial charge in [0, 0.05) is 81.6 Å². The van der Waals surface area contributed by atoms with E-state index in [1.165, 1.54) is 48.1 Å². The maximum absolute atomic E-state index is 13.1. The Kier molecular flexibility index (Phi) is 9.72. The van der Waals surface area contributed by atoms with Gasteiger partial charge in [0.2, 0.25) is 11.8 Å². The Labute approximate surface area is 308 Å². The Bertz CT molecular complexity index is 1810. The number of anilines is 2. The van der Waals surface area contributed by atoms with E-state index in [0.29, 0.717) is 48.0 Å². The number of imide groups is 1. The molecule has 0 radical (unpaired) electrons. The number of nitrogens with one attached hydrogen (secondary N) is 1. The molecule has 8 rings (SSSR count). The second kappa shape index (κ2) is 14.6. The number of hydrogen-bond donors (Lipinski definition) is 2. The SMILES string of the molecule is CC(C)C[C@H]1CCc2cc(O)ccc2C1c1ccc(N2CCC(CN3CCN(c4ccc5c(c4)CN(C4CCC(=O)NC4=O)C5=O)CC3)CC2)cc1. The lowest BCUT2D eigenvalue weighted by atomic mass is 9.69. The molecule has 274 valence electrons. The number of carbonyl (C=O) groups is 3. The molecule has 2 unspecified atom stereocenters. The van der Waals surface area contributed by atoms with Crippen LogP contribution in [0.2, 0.25) is 0 Å². The average molecular weight is 704 g/mol. The van der Waals surface area contributed by atoms with E-state index >= 15 is 0 Å². The fraction of sp³-hybridized carbons (Fsp3) is 0.512. The van der Waals surface area contributed by atoms with Gasteiger partial charge in [-0.3, -0.25) is 24.6 Å². The van der Waals surface area contributed by atoms with E-state index in [-0.39, 0.29) is 24.1 Å². The zero-order valence-corrected chi connectivity index (χ0v) is 30.7. The summed E-state index contributed by atoms with van der Waals surface area (Å²) in [5.41, 5.74) is 8.20. The topological polar surface area (TPSA) is 96.4 Å². The zero-order valence-electron chi connectivity index (χ0n) is 30.7. The van der Waals surface area contributed by atoms with Gasteiger partial charge < -0.3 is 19.8 Å². The maximum Gasteiger partial charge on any atom is 0.255 e. The molecule has 52 heavy (non-hydrogen) atoms. The highest BCUT2D eigenvalue weighted by molar-refractivity contribution is 6.05. The van der Waals surface area contributed by atoms with Crippen LogP contribution in [0.1, 0.15) is 90.9 Å². The number of rotatable bonds is 8. The second-order valence-electron chi connectivity index (χ2n) is 16.3. The van der Waals surface area contributed by atoms with Crippen molar-refractivity contribution in [1.29, 1.82) is 0 Å². The summed E-state index contributed by atoms with van der Waals surface area (Å²) in [5, 5.41) is 12.5. The van der Waals surface area contributed by atoms with Crippen LogP contribution in [0.25, 0.3) is 0 Å². The Morgan fingerprint density at radius 1 is 0.769 bits per heavy atom. The smallest absolute Gasteiger partial charge is 0.255 e. The van der Waals surface area contributed by atoms with E-state index in [9.17, 15) is 19.5 Å². The number of carbonyl (C=O) groups excluding carboxylic acids is 3. The average Bonchev–Trinajstić information content (AvgIpc) is 3.47. The quantitative estimate of drug-likeness (QED) is 0.281. The Balaban J connectivity index is 0.825. The normalized spacial score (nSPS) is 24.3. The first-order valence-electron chi connectivity index (χ1n) is 19.6. The summed E-state index contributed by atoms with van der Waals surface area (Å²) in [6.45, 7) is 12.4. The number of piperidine rings is 2. The van der Waals surface area contributed by atoms with Crippen molar-refractivity contribution in [3.8, 4) is 5.75 Å². The van der Waals surface area contributed by atoms with Gasteiger partial charge in [-0.05, 0) is 121 Å². The number of benzene rings is 3. The van der Waals surface area contributed by atoms with E-state index in [1.54, 1.807) is 4.90 Å². The lowest BCUT2D eigenvalue weighted by Crippen LogP contribution is -2.52. The fourth-order valence-electron chi connectivity index (χ4n) is 9.76. The molecule has 1 aliphatic carbocycles. The van der Waals surface area contributed by atoms with E-state index < -0.39 is 6.04 Å². The summed E-state index contributed by atoms with van der Waals surface area (Å²) in [6.07, 6.45) is 6.51. The van der Waals surface area contributed by atoms with Gasteiger partial charge in [0.1, 0.15) is 11.8 Å². The van der Waals surface area contributed by atoms with Crippen molar-refractivity contribution >= 4 is 29.1 Å². The molecule has 4 aliphatic heterocycles. The summed E-state index contributed by atoms with van der Waals surface area (Å²) in [4.78, 5) is 46.4. The van der Waals surface area contributed by atoms with Crippen LogP contribution >= 0.6 is 0 Å². The van der Waals surface area contributed by atoms with Crippen molar-refractivity contribution < 1.29 is 19.5 Å². The molecule has 0 spiro atoms. The first-order valence-corrected chi connectivity index (χ1v) is 19.6. The van der Waals surface area contributed by atoms with Gasteiger partial charge in [-0.1, -0.05) is 32.0 Å². The molecular weight excluding hydrogens is 651 g/mol. The lowest BCUT2D eigenvalue weighted by molar-refractivity contribution is -0.136. The molecular formula is C43H53N5O4. The molecule has 0 bridgehead atoms. The molecule has 3 aromatic rings. The van der Waals surface area contributed by atoms with Crippen molar-refractivity contribution in [1.82, 2.24) is 15.1 Å². The molecule has 0 aromatic heterocycles. The van der Waals surface area contributed by atoms with Gasteiger partial charge in [0.15, 0.2) is 0 Å². The van der Waals surface area contributed by atoms with Gasteiger partial charge in [0.05, 0.1) is 0 Å². The highest BCUT2D eigenvalue weighted by Crippen LogP contribution is 2.45. The van der Waals surface area contributed by atoms with Crippen molar-refractivity contribution in [2.45, 2.75) is 77.3 Å². The molecule has 4 heterocycles. The summed E-state index contributed by atoms with van der Waals surface area (Å²) in [6, 6.07) is 20.9. The predicted molar refractivity (Wildman–Crippen MR) is 204 cm³/mol. The van der Waals surface area contributed by atoms with E-state index in [2.05, 4.69) is 70.3 Å². The number of amides is 3. The van der Waals surface area contributed by atoms with Gasteiger partial charge >= 0.3 is 0 Å². The third-order valence-electron chi connectivity index (χ3n) is 12.5. The summed E-state index contributed by atoms with van der Waals surface area (Å²) in [5.74, 6) is 2.00. The fourth-order valence-corrected chi connectivity index (χ4v) is 9.76. The highest BCUT2D eigenvalue weighted by atomic mass is 16.3. The summed E-state index contributed by atoms with van der Waals surface area (Å²) < 4.78 is 0. The molecule has 3 fully saturated rings. The lowest BCUT2D eigenvalue weighted by Gasteiger charge is -2.40. The molecule has 2 N–H and O–H groups in total. The van der Waals surface area contributed by atoms with E-state index in [4.69, 9.17) is 0 Å². The van der Waals surface area contributed by atoms with Crippen LogP contribution in [-0.2, 0) is 22.6 Å². The zero-order chi connectivity index (χ0) is 35.9. The molecule has 3 amide bonds.